The molecule has 4 aliphatic heterocycles. The van der Waals surface area contributed by atoms with Gasteiger partial charge in [0.05, 0.1) is 44.9 Å². The first-order valence-corrected chi connectivity index (χ1v) is 12.7. The van der Waals surface area contributed by atoms with Crippen LogP contribution in [-0.2, 0) is 28.4 Å². The van der Waals surface area contributed by atoms with Gasteiger partial charge in [0.1, 0.15) is 29.5 Å². The van der Waals surface area contributed by atoms with Crippen LogP contribution in [0.15, 0.2) is 11.6 Å². The Balaban J connectivity index is 1.15. The molecule has 196 valence electrons. The Labute approximate surface area is 206 Å². The van der Waals surface area contributed by atoms with Crippen molar-refractivity contribution in [1.29, 1.82) is 0 Å². The zero-order valence-corrected chi connectivity index (χ0v) is 21.2. The molecule has 4 saturated heterocycles. The van der Waals surface area contributed by atoms with E-state index in [0.717, 1.165) is 12.8 Å². The number of methoxy groups -OCH3 is 1. The Morgan fingerprint density at radius 3 is 2.40 bits per heavy atom. The van der Waals surface area contributed by atoms with Crippen LogP contribution in [0.5, 0.6) is 0 Å². The van der Waals surface area contributed by atoms with Crippen LogP contribution in [0.25, 0.3) is 0 Å². The minimum atomic E-state index is -0.398. The third kappa shape index (κ3) is 4.90. The Kier molecular flexibility index (Phi) is 6.76. The van der Waals surface area contributed by atoms with E-state index in [1.807, 2.05) is 0 Å². The minimum absolute atomic E-state index is 0.0132. The largest absolute Gasteiger partial charge is 0.443 e. The van der Waals surface area contributed by atoms with Crippen molar-refractivity contribution in [2.45, 2.75) is 75.7 Å². The highest BCUT2D eigenvalue weighted by molar-refractivity contribution is 5.71. The lowest BCUT2D eigenvalue weighted by atomic mass is 9.68. The average molecular weight is 495 g/mol. The fraction of sp³-hybridized carbons (Fsp3) is 0.840. The minimum Gasteiger partial charge on any atom is -0.443 e. The third-order valence-electron chi connectivity index (χ3n) is 8.13. The van der Waals surface area contributed by atoms with E-state index >= 15 is 0 Å². The van der Waals surface area contributed by atoms with Crippen LogP contribution in [0, 0.1) is 5.92 Å². The molecule has 1 saturated carbocycles. The van der Waals surface area contributed by atoms with Gasteiger partial charge in [-0.1, -0.05) is 11.6 Å². The molecule has 5 aliphatic rings. The fourth-order valence-electron chi connectivity index (χ4n) is 5.90. The molecular formula is C25H38N2O8. The first-order valence-electron chi connectivity index (χ1n) is 12.7. The molecule has 10 nitrogen and oxygen atoms in total. The number of morpholine rings is 1. The maximum absolute atomic E-state index is 12.9. The summed E-state index contributed by atoms with van der Waals surface area (Å²) in [6.45, 7) is 9.76. The van der Waals surface area contributed by atoms with Gasteiger partial charge in [-0.3, -0.25) is 0 Å². The van der Waals surface area contributed by atoms with Gasteiger partial charge >= 0.3 is 12.2 Å². The first kappa shape index (κ1) is 24.8. The second-order valence-electron chi connectivity index (χ2n) is 10.8. The molecule has 6 atom stereocenters. The van der Waals surface area contributed by atoms with E-state index < -0.39 is 6.09 Å². The molecule has 5 rings (SSSR count). The molecule has 0 aromatic heterocycles. The monoisotopic (exact) mass is 494 g/mol. The Morgan fingerprint density at radius 1 is 1.09 bits per heavy atom. The van der Waals surface area contributed by atoms with E-state index in [-0.39, 0.29) is 47.6 Å². The number of nitrogens with zero attached hydrogens (tertiary/aromatic N) is 2. The van der Waals surface area contributed by atoms with Crippen molar-refractivity contribution in [3.8, 4) is 0 Å². The summed E-state index contributed by atoms with van der Waals surface area (Å²) in [5, 5.41) is 0. The molecule has 4 heterocycles. The molecule has 35 heavy (non-hydrogen) atoms. The van der Waals surface area contributed by atoms with E-state index in [1.165, 1.54) is 5.57 Å². The topological polar surface area (TPSA) is 103 Å². The average Bonchev–Trinajstić information content (AvgIpc) is 3.73. The number of hydrogen-bond donors (Lipinski definition) is 0. The van der Waals surface area contributed by atoms with Crippen molar-refractivity contribution in [1.82, 2.24) is 9.80 Å². The predicted molar refractivity (Wildman–Crippen MR) is 124 cm³/mol. The van der Waals surface area contributed by atoms with Gasteiger partial charge < -0.3 is 38.2 Å². The van der Waals surface area contributed by atoms with Crippen molar-refractivity contribution in [3.63, 3.8) is 0 Å². The van der Waals surface area contributed by atoms with Gasteiger partial charge in [0.2, 0.25) is 0 Å². The maximum Gasteiger partial charge on any atom is 0.410 e. The quantitative estimate of drug-likeness (QED) is 0.410. The molecule has 1 aliphatic carbocycles. The van der Waals surface area contributed by atoms with Crippen molar-refractivity contribution in [2.75, 3.05) is 53.1 Å². The van der Waals surface area contributed by atoms with Gasteiger partial charge in [-0.05, 0) is 40.0 Å². The number of ether oxygens (including phenoxy) is 6. The molecular weight excluding hydrogens is 456 g/mol. The molecule has 0 N–H and O–H groups in total. The van der Waals surface area contributed by atoms with Crippen LogP contribution in [0.4, 0.5) is 9.59 Å². The predicted octanol–water partition coefficient (Wildman–Crippen LogP) is 2.35. The SMILES string of the molecule is CO[C@@H]1[C@H](OC(=O)N2CC(OC(=O)N3CCOCC3)C2)CC[C@]2(CO2)[C@H]1[C@@]1(C)O[C@@H]1CC=C(C)C. The summed E-state index contributed by atoms with van der Waals surface area (Å²) in [5.41, 5.74) is 0.639. The van der Waals surface area contributed by atoms with Crippen molar-refractivity contribution >= 4 is 12.2 Å². The Morgan fingerprint density at radius 2 is 1.77 bits per heavy atom. The summed E-state index contributed by atoms with van der Waals surface area (Å²) in [5.74, 6) is -0.0132. The molecule has 2 amide bonds. The summed E-state index contributed by atoms with van der Waals surface area (Å²) in [6.07, 6.45) is 2.89. The first-order chi connectivity index (χ1) is 16.8. The second kappa shape index (κ2) is 9.53. The lowest BCUT2D eigenvalue weighted by Crippen LogP contribution is -2.59. The van der Waals surface area contributed by atoms with E-state index in [1.54, 1.807) is 16.9 Å². The van der Waals surface area contributed by atoms with Crippen LogP contribution in [0.2, 0.25) is 0 Å². The molecule has 5 fully saturated rings. The smallest absolute Gasteiger partial charge is 0.410 e. The van der Waals surface area contributed by atoms with E-state index in [4.69, 9.17) is 28.4 Å². The fourth-order valence-corrected chi connectivity index (χ4v) is 5.90. The lowest BCUT2D eigenvalue weighted by molar-refractivity contribution is -0.127. The van der Waals surface area contributed by atoms with Gasteiger partial charge in [-0.25, -0.2) is 9.59 Å². The van der Waals surface area contributed by atoms with Gasteiger partial charge in [-0.2, -0.15) is 0 Å². The number of allylic oxidation sites excluding steroid dienone is 1. The lowest BCUT2D eigenvalue weighted by Gasteiger charge is -2.44. The number of epoxide rings is 2. The van der Waals surface area contributed by atoms with Crippen molar-refractivity contribution in [2.24, 2.45) is 5.92 Å². The number of likely N-dealkylation sites (tertiary alicyclic amines) is 1. The van der Waals surface area contributed by atoms with Gasteiger partial charge in [0.15, 0.2) is 0 Å². The molecule has 0 aromatic carbocycles. The Hall–Kier alpha value is -1.88. The molecule has 10 heteroatoms. The summed E-state index contributed by atoms with van der Waals surface area (Å²) in [6, 6.07) is 0. The number of carbonyl (C=O) groups is 2. The van der Waals surface area contributed by atoms with Gasteiger partial charge in [0.25, 0.3) is 0 Å². The Bertz CT molecular complexity index is 844. The van der Waals surface area contributed by atoms with E-state index in [9.17, 15) is 9.59 Å². The van der Waals surface area contributed by atoms with Crippen LogP contribution in [-0.4, -0.2) is 111 Å². The summed E-state index contributed by atoms with van der Waals surface area (Å²) < 4.78 is 34.9. The van der Waals surface area contributed by atoms with Crippen LogP contribution in [0.1, 0.15) is 40.0 Å². The highest BCUT2D eigenvalue weighted by atomic mass is 16.6. The molecule has 0 unspecified atom stereocenters. The number of carbonyl (C=O) groups excluding carboxylic acids is 2. The van der Waals surface area contributed by atoms with E-state index in [2.05, 4.69) is 26.8 Å². The summed E-state index contributed by atoms with van der Waals surface area (Å²) in [4.78, 5) is 28.4. The van der Waals surface area contributed by atoms with E-state index in [0.29, 0.717) is 52.4 Å². The van der Waals surface area contributed by atoms with Crippen LogP contribution < -0.4 is 0 Å². The number of rotatable bonds is 6. The van der Waals surface area contributed by atoms with Crippen molar-refractivity contribution in [3.05, 3.63) is 11.6 Å². The number of amides is 2. The highest BCUT2D eigenvalue weighted by Gasteiger charge is 2.72. The second-order valence-corrected chi connectivity index (χ2v) is 10.8. The molecule has 0 aromatic rings. The van der Waals surface area contributed by atoms with Gasteiger partial charge in [0, 0.05) is 20.2 Å². The molecule has 0 bridgehead atoms. The molecule has 1 spiro atoms. The van der Waals surface area contributed by atoms with Crippen LogP contribution in [0.3, 0.4) is 0 Å². The zero-order chi connectivity index (χ0) is 24.8. The highest BCUT2D eigenvalue weighted by Crippen LogP contribution is 2.59. The molecule has 0 radical (unpaired) electrons. The maximum atomic E-state index is 12.9. The van der Waals surface area contributed by atoms with Gasteiger partial charge in [-0.15, -0.1) is 0 Å². The third-order valence-corrected chi connectivity index (χ3v) is 8.13. The number of hydrogen-bond acceptors (Lipinski definition) is 8. The normalized spacial score (nSPS) is 38.5. The van der Waals surface area contributed by atoms with Crippen molar-refractivity contribution < 1.29 is 38.0 Å². The summed E-state index contributed by atoms with van der Waals surface area (Å²) >= 11 is 0. The zero-order valence-electron chi connectivity index (χ0n) is 21.2. The summed E-state index contributed by atoms with van der Waals surface area (Å²) in [7, 11) is 1.67. The standard InChI is InChI=1S/C25H38N2O8/c1-16(2)5-6-19-24(3,35-19)21-20(30-4)18(7-8-25(21)15-32-25)34-23(29)27-13-17(14-27)33-22(28)26-9-11-31-12-10-26/h5,17-21H,6-15H2,1-4H3/t18-,19-,20-,21-,24+,25+/m1/s1. The van der Waals surface area contributed by atoms with Crippen LogP contribution >= 0.6 is 0 Å².